The minimum absolute atomic E-state index is 0.00533. The Kier molecular flexibility index (Phi) is 4.72. The average Bonchev–Trinajstić information content (AvgIpc) is 3.21. The molecule has 1 aliphatic rings. The van der Waals surface area contributed by atoms with Crippen LogP contribution in [-0.4, -0.2) is 43.1 Å². The van der Waals surface area contributed by atoms with Crippen LogP contribution in [0.25, 0.3) is 0 Å². The van der Waals surface area contributed by atoms with Crippen molar-refractivity contribution in [1.82, 2.24) is 30.3 Å². The van der Waals surface area contributed by atoms with Gasteiger partial charge in [0, 0.05) is 12.5 Å². The van der Waals surface area contributed by atoms with Gasteiger partial charge in [0.25, 0.3) is 0 Å². The molecule has 1 saturated heterocycles. The summed E-state index contributed by atoms with van der Waals surface area (Å²) in [5.41, 5.74) is 0. The Morgan fingerprint density at radius 3 is 2.91 bits per heavy atom. The molecule has 0 amide bonds. The first-order valence-corrected chi connectivity index (χ1v) is 8.39. The van der Waals surface area contributed by atoms with Gasteiger partial charge in [0.15, 0.2) is 5.82 Å². The van der Waals surface area contributed by atoms with E-state index in [4.69, 9.17) is 9.26 Å². The molecule has 0 aromatic carbocycles. The SMILES string of the molecule is CC(C)c1noc([C@@H](C)Sc2nnnn2C[C@H]2CCCO2)n1. The molecular formula is C13H20N6O2S. The highest BCUT2D eigenvalue weighted by Gasteiger charge is 2.22. The van der Waals surface area contributed by atoms with Crippen LogP contribution in [0.5, 0.6) is 0 Å². The lowest BCUT2D eigenvalue weighted by Gasteiger charge is -2.11. The van der Waals surface area contributed by atoms with Gasteiger partial charge in [0.2, 0.25) is 11.0 Å². The third kappa shape index (κ3) is 3.46. The quantitative estimate of drug-likeness (QED) is 0.747. The van der Waals surface area contributed by atoms with Gasteiger partial charge in [-0.25, -0.2) is 4.68 Å². The lowest BCUT2D eigenvalue weighted by molar-refractivity contribution is 0.0911. The number of ether oxygens (including phenoxy) is 1. The van der Waals surface area contributed by atoms with Crippen molar-refractivity contribution >= 4 is 11.8 Å². The van der Waals surface area contributed by atoms with E-state index in [1.807, 2.05) is 20.8 Å². The number of hydrogen-bond donors (Lipinski definition) is 0. The normalized spacial score (nSPS) is 19.9. The third-order valence-corrected chi connectivity index (χ3v) is 4.56. The van der Waals surface area contributed by atoms with Crippen LogP contribution in [-0.2, 0) is 11.3 Å². The van der Waals surface area contributed by atoms with E-state index in [0.717, 1.165) is 30.4 Å². The maximum atomic E-state index is 5.63. The van der Waals surface area contributed by atoms with Crippen molar-refractivity contribution < 1.29 is 9.26 Å². The van der Waals surface area contributed by atoms with Gasteiger partial charge >= 0.3 is 0 Å². The molecule has 2 aromatic rings. The van der Waals surface area contributed by atoms with Crippen LogP contribution in [0.15, 0.2) is 9.68 Å². The molecule has 0 bridgehead atoms. The van der Waals surface area contributed by atoms with E-state index in [9.17, 15) is 0 Å². The predicted molar refractivity (Wildman–Crippen MR) is 79.5 cm³/mol. The van der Waals surface area contributed by atoms with E-state index in [0.29, 0.717) is 12.4 Å². The zero-order valence-electron chi connectivity index (χ0n) is 13.0. The summed E-state index contributed by atoms with van der Waals surface area (Å²) in [7, 11) is 0. The third-order valence-electron chi connectivity index (χ3n) is 3.50. The van der Waals surface area contributed by atoms with E-state index in [1.165, 1.54) is 11.8 Å². The number of tetrazole rings is 1. The van der Waals surface area contributed by atoms with Crippen molar-refractivity contribution in [2.24, 2.45) is 0 Å². The standard InChI is InChI=1S/C13H20N6O2S/c1-8(2)11-14-12(21-16-11)9(3)22-13-15-17-18-19(13)7-10-5-4-6-20-10/h8-10H,4-7H2,1-3H3/t9-,10-/m1/s1. The summed E-state index contributed by atoms with van der Waals surface area (Å²) in [6, 6.07) is 0. The van der Waals surface area contributed by atoms with Crippen LogP contribution in [0, 0.1) is 0 Å². The molecular weight excluding hydrogens is 304 g/mol. The summed E-state index contributed by atoms with van der Waals surface area (Å²) in [6.45, 7) is 7.59. The highest BCUT2D eigenvalue weighted by molar-refractivity contribution is 7.99. The van der Waals surface area contributed by atoms with E-state index in [2.05, 4.69) is 25.7 Å². The molecule has 1 aliphatic heterocycles. The topological polar surface area (TPSA) is 91.8 Å². The first-order chi connectivity index (χ1) is 10.6. The minimum atomic E-state index is -0.00533. The molecule has 22 heavy (non-hydrogen) atoms. The van der Waals surface area contributed by atoms with Crippen LogP contribution in [0.4, 0.5) is 0 Å². The van der Waals surface area contributed by atoms with Crippen LogP contribution in [0.1, 0.15) is 56.5 Å². The monoisotopic (exact) mass is 324 g/mol. The molecule has 0 N–H and O–H groups in total. The van der Waals surface area contributed by atoms with Crippen molar-refractivity contribution in [1.29, 1.82) is 0 Å². The molecule has 2 aromatic heterocycles. The highest BCUT2D eigenvalue weighted by atomic mass is 32.2. The van der Waals surface area contributed by atoms with E-state index in [-0.39, 0.29) is 17.3 Å². The summed E-state index contributed by atoms with van der Waals surface area (Å²) in [5.74, 6) is 1.57. The fourth-order valence-electron chi connectivity index (χ4n) is 2.23. The maximum absolute atomic E-state index is 5.63. The van der Waals surface area contributed by atoms with Gasteiger partial charge in [-0.1, -0.05) is 30.8 Å². The lowest BCUT2D eigenvalue weighted by Crippen LogP contribution is -2.17. The molecule has 120 valence electrons. The molecule has 0 spiro atoms. The van der Waals surface area contributed by atoms with Gasteiger partial charge in [-0.3, -0.25) is 0 Å². The van der Waals surface area contributed by atoms with Crippen LogP contribution in [0.2, 0.25) is 0 Å². The van der Waals surface area contributed by atoms with Gasteiger partial charge in [-0.2, -0.15) is 4.98 Å². The Labute approximate surface area is 133 Å². The van der Waals surface area contributed by atoms with Crippen molar-refractivity contribution in [2.45, 2.75) is 62.6 Å². The zero-order valence-corrected chi connectivity index (χ0v) is 13.8. The molecule has 9 heteroatoms. The molecule has 1 fully saturated rings. The zero-order chi connectivity index (χ0) is 15.5. The molecule has 0 unspecified atom stereocenters. The Bertz CT molecular complexity index is 607. The van der Waals surface area contributed by atoms with E-state index in [1.54, 1.807) is 4.68 Å². The largest absolute Gasteiger partial charge is 0.376 e. The number of aromatic nitrogens is 6. The number of thioether (sulfide) groups is 1. The molecule has 2 atom stereocenters. The second-order valence-corrected chi connectivity index (χ2v) is 6.99. The average molecular weight is 324 g/mol. The molecule has 0 radical (unpaired) electrons. The smallest absolute Gasteiger partial charge is 0.239 e. The Morgan fingerprint density at radius 2 is 2.23 bits per heavy atom. The maximum Gasteiger partial charge on any atom is 0.239 e. The summed E-state index contributed by atoms with van der Waals surface area (Å²) in [4.78, 5) is 4.42. The first kappa shape index (κ1) is 15.4. The number of nitrogens with zero attached hydrogens (tertiary/aromatic N) is 6. The summed E-state index contributed by atoms with van der Waals surface area (Å²) >= 11 is 1.51. The Hall–Kier alpha value is -1.48. The van der Waals surface area contributed by atoms with Gasteiger partial charge in [-0.15, -0.1) is 5.10 Å². The minimum Gasteiger partial charge on any atom is -0.376 e. The van der Waals surface area contributed by atoms with Crippen molar-refractivity contribution in [3.63, 3.8) is 0 Å². The lowest BCUT2D eigenvalue weighted by atomic mass is 10.2. The predicted octanol–water partition coefficient (Wildman–Crippen LogP) is 2.21. The van der Waals surface area contributed by atoms with Crippen molar-refractivity contribution in [3.05, 3.63) is 11.7 Å². The summed E-state index contributed by atoms with van der Waals surface area (Å²) in [5, 5.41) is 16.6. The van der Waals surface area contributed by atoms with Gasteiger partial charge in [0.1, 0.15) is 0 Å². The second kappa shape index (κ2) is 6.74. The molecule has 0 saturated carbocycles. The van der Waals surface area contributed by atoms with Crippen molar-refractivity contribution in [3.8, 4) is 0 Å². The Balaban J connectivity index is 1.65. The fourth-order valence-corrected chi connectivity index (χ4v) is 3.06. The van der Waals surface area contributed by atoms with Crippen molar-refractivity contribution in [2.75, 3.05) is 6.61 Å². The summed E-state index contributed by atoms with van der Waals surface area (Å²) in [6.07, 6.45) is 2.36. The molecule has 8 nitrogen and oxygen atoms in total. The van der Waals surface area contributed by atoms with E-state index >= 15 is 0 Å². The molecule has 3 heterocycles. The fraction of sp³-hybridized carbons (Fsp3) is 0.769. The number of rotatable bonds is 6. The summed E-state index contributed by atoms with van der Waals surface area (Å²) < 4.78 is 12.7. The van der Waals surface area contributed by atoms with E-state index < -0.39 is 0 Å². The number of hydrogen-bond acceptors (Lipinski definition) is 8. The second-order valence-electron chi connectivity index (χ2n) is 5.68. The van der Waals surface area contributed by atoms with Crippen LogP contribution < -0.4 is 0 Å². The first-order valence-electron chi connectivity index (χ1n) is 7.51. The highest BCUT2D eigenvalue weighted by Crippen LogP contribution is 2.33. The van der Waals surface area contributed by atoms with Crippen LogP contribution >= 0.6 is 11.8 Å². The molecule has 3 rings (SSSR count). The van der Waals surface area contributed by atoms with Gasteiger partial charge < -0.3 is 9.26 Å². The van der Waals surface area contributed by atoms with Crippen LogP contribution in [0.3, 0.4) is 0 Å². The molecule has 0 aliphatic carbocycles. The van der Waals surface area contributed by atoms with Gasteiger partial charge in [0.05, 0.1) is 17.9 Å². The van der Waals surface area contributed by atoms with Gasteiger partial charge in [-0.05, 0) is 30.2 Å². The Morgan fingerprint density at radius 1 is 1.36 bits per heavy atom.